The van der Waals surface area contributed by atoms with Crippen LogP contribution in [0.15, 0.2) is 24.4 Å². The molecule has 3 heterocycles. The molecule has 1 saturated carbocycles. The summed E-state index contributed by atoms with van der Waals surface area (Å²) in [6.45, 7) is 2.56. The number of nitrogens with zero attached hydrogens (tertiary/aromatic N) is 4. The number of carbonyl (C=O) groups excluding carboxylic acids is 2. The maximum absolute atomic E-state index is 12.3. The first-order valence-corrected chi connectivity index (χ1v) is 9.73. The molecule has 7 heteroatoms. The van der Waals surface area contributed by atoms with Crippen LogP contribution < -0.4 is 4.90 Å². The molecular weight excluding hydrogens is 354 g/mol. The zero-order valence-electron chi connectivity index (χ0n) is 15.9. The zero-order valence-corrected chi connectivity index (χ0v) is 15.9. The van der Waals surface area contributed by atoms with E-state index in [-0.39, 0.29) is 24.4 Å². The summed E-state index contributed by atoms with van der Waals surface area (Å²) in [6, 6.07) is 6.26. The van der Waals surface area contributed by atoms with Crippen LogP contribution in [0.5, 0.6) is 0 Å². The van der Waals surface area contributed by atoms with Gasteiger partial charge in [-0.2, -0.15) is 5.26 Å². The third-order valence-corrected chi connectivity index (χ3v) is 5.63. The summed E-state index contributed by atoms with van der Waals surface area (Å²) >= 11 is 0. The Morgan fingerprint density at radius 3 is 3.00 bits per heavy atom. The topological polar surface area (TPSA) is 93.1 Å². The molecule has 1 aliphatic heterocycles. The predicted molar refractivity (Wildman–Crippen MR) is 106 cm³/mol. The number of nitrogens with one attached hydrogen (secondary N) is 1. The van der Waals surface area contributed by atoms with Crippen molar-refractivity contribution < 1.29 is 9.59 Å². The first kappa shape index (κ1) is 18.2. The fourth-order valence-electron chi connectivity index (χ4n) is 3.97. The van der Waals surface area contributed by atoms with Crippen molar-refractivity contribution in [2.24, 2.45) is 0 Å². The molecule has 0 bridgehead atoms. The maximum Gasteiger partial charge on any atom is 0.237 e. The molecule has 144 valence electrons. The monoisotopic (exact) mass is 377 g/mol. The summed E-state index contributed by atoms with van der Waals surface area (Å²) in [5, 5.41) is 9.87. The Bertz CT molecular complexity index is 982. The predicted octanol–water partition coefficient (Wildman–Crippen LogP) is 3.00. The van der Waals surface area contributed by atoms with E-state index in [0.29, 0.717) is 12.4 Å². The molecule has 4 rings (SSSR count). The summed E-state index contributed by atoms with van der Waals surface area (Å²) in [5.74, 6) is 0.548. The Morgan fingerprint density at radius 2 is 2.32 bits per heavy atom. The Kier molecular flexibility index (Phi) is 4.86. The van der Waals surface area contributed by atoms with Gasteiger partial charge in [-0.25, -0.2) is 4.98 Å². The summed E-state index contributed by atoms with van der Waals surface area (Å²) in [5.41, 5.74) is 2.97. The molecule has 7 nitrogen and oxygen atoms in total. The standard InChI is InChI=1S/C21H23N5O2/c1-2-15-11-14(7-10-25(15)20(28)5-8-22)18-12-19(26(13-27)16-3-4-16)24-21-17(18)6-9-23-21/h6-7,9,12-13,15-16H,2-5,10-11H2,1H3,(H,23,24)/t15-/m1/s1. The molecule has 0 spiro atoms. The lowest BCUT2D eigenvalue weighted by molar-refractivity contribution is -0.132. The van der Waals surface area contributed by atoms with Crippen molar-refractivity contribution in [2.75, 3.05) is 11.4 Å². The highest BCUT2D eigenvalue weighted by molar-refractivity contribution is 5.94. The first-order valence-electron chi connectivity index (χ1n) is 9.73. The molecule has 1 fully saturated rings. The Labute approximate surface area is 163 Å². The molecule has 1 N–H and O–H groups in total. The highest BCUT2D eigenvalue weighted by Gasteiger charge is 2.31. The number of fused-ring (bicyclic) bond motifs is 1. The molecule has 1 aliphatic carbocycles. The van der Waals surface area contributed by atoms with Crippen LogP contribution in [0.4, 0.5) is 5.82 Å². The van der Waals surface area contributed by atoms with Gasteiger partial charge in [0.1, 0.15) is 17.9 Å². The number of aromatic nitrogens is 2. The summed E-state index contributed by atoms with van der Waals surface area (Å²) in [6.07, 6.45) is 8.27. The number of rotatable bonds is 6. The molecule has 1 atom stereocenters. The van der Waals surface area contributed by atoms with Crippen molar-refractivity contribution in [1.29, 1.82) is 5.26 Å². The van der Waals surface area contributed by atoms with E-state index in [4.69, 9.17) is 5.26 Å². The van der Waals surface area contributed by atoms with Gasteiger partial charge in [-0.15, -0.1) is 0 Å². The van der Waals surface area contributed by atoms with E-state index in [1.807, 2.05) is 24.4 Å². The molecule has 0 radical (unpaired) electrons. The second-order valence-corrected chi connectivity index (χ2v) is 7.39. The Morgan fingerprint density at radius 1 is 1.50 bits per heavy atom. The minimum absolute atomic E-state index is 0.0667. The minimum Gasteiger partial charge on any atom is -0.346 e. The molecule has 2 aromatic heterocycles. The highest BCUT2D eigenvalue weighted by Crippen LogP contribution is 2.36. The van der Waals surface area contributed by atoms with E-state index >= 15 is 0 Å². The van der Waals surface area contributed by atoms with Crippen molar-refractivity contribution >= 4 is 34.7 Å². The van der Waals surface area contributed by atoms with Gasteiger partial charge in [0.15, 0.2) is 0 Å². The van der Waals surface area contributed by atoms with E-state index < -0.39 is 0 Å². The van der Waals surface area contributed by atoms with E-state index in [2.05, 4.69) is 23.0 Å². The van der Waals surface area contributed by atoms with E-state index in [1.54, 1.807) is 9.80 Å². The van der Waals surface area contributed by atoms with Gasteiger partial charge >= 0.3 is 0 Å². The molecule has 2 aliphatic rings. The lowest BCUT2D eigenvalue weighted by Crippen LogP contribution is -2.42. The number of anilines is 1. The zero-order chi connectivity index (χ0) is 19.7. The summed E-state index contributed by atoms with van der Waals surface area (Å²) in [4.78, 5) is 35.2. The lowest BCUT2D eigenvalue weighted by Gasteiger charge is -2.35. The van der Waals surface area contributed by atoms with Gasteiger partial charge in [0.25, 0.3) is 0 Å². The number of H-pyrrole nitrogens is 1. The van der Waals surface area contributed by atoms with Crippen molar-refractivity contribution in [3.63, 3.8) is 0 Å². The number of hydrogen-bond acceptors (Lipinski definition) is 4. The second-order valence-electron chi connectivity index (χ2n) is 7.39. The number of carbonyl (C=O) groups is 2. The van der Waals surface area contributed by atoms with Gasteiger partial charge in [-0.3, -0.25) is 14.5 Å². The molecule has 2 amide bonds. The third kappa shape index (κ3) is 3.26. The van der Waals surface area contributed by atoms with Crippen molar-refractivity contribution in [3.05, 3.63) is 30.0 Å². The van der Waals surface area contributed by atoms with E-state index in [0.717, 1.165) is 54.3 Å². The van der Waals surface area contributed by atoms with Gasteiger partial charge in [0.2, 0.25) is 12.3 Å². The van der Waals surface area contributed by atoms with Crippen LogP contribution >= 0.6 is 0 Å². The SMILES string of the molecule is CC[C@@H]1CC(c2cc(N(C=O)C3CC3)nc3[nH]ccc23)=CCN1C(=O)CC#N. The van der Waals surface area contributed by atoms with Gasteiger partial charge in [-0.1, -0.05) is 13.0 Å². The number of amides is 2. The largest absolute Gasteiger partial charge is 0.346 e. The minimum atomic E-state index is -0.118. The first-order chi connectivity index (χ1) is 13.7. The van der Waals surface area contributed by atoms with E-state index in [1.165, 1.54) is 0 Å². The van der Waals surface area contributed by atoms with Crippen LogP contribution in [0.3, 0.4) is 0 Å². The quantitative estimate of drug-likeness (QED) is 0.783. The Balaban J connectivity index is 1.72. The smallest absolute Gasteiger partial charge is 0.237 e. The fourth-order valence-corrected chi connectivity index (χ4v) is 3.97. The molecule has 0 saturated heterocycles. The van der Waals surface area contributed by atoms with Crippen LogP contribution in [-0.2, 0) is 9.59 Å². The number of aromatic amines is 1. The number of nitriles is 1. The number of pyridine rings is 1. The third-order valence-electron chi connectivity index (χ3n) is 5.63. The van der Waals surface area contributed by atoms with Gasteiger partial charge < -0.3 is 9.88 Å². The van der Waals surface area contributed by atoms with Gasteiger partial charge in [-0.05, 0) is 49.0 Å². The normalized spacial score (nSPS) is 19.2. The maximum atomic E-state index is 12.3. The molecular formula is C21H23N5O2. The molecule has 28 heavy (non-hydrogen) atoms. The van der Waals surface area contributed by atoms with Crippen LogP contribution in [-0.4, -0.2) is 45.8 Å². The Hall–Kier alpha value is -3.14. The van der Waals surface area contributed by atoms with Crippen LogP contribution in [0.1, 0.15) is 44.6 Å². The average molecular weight is 377 g/mol. The van der Waals surface area contributed by atoms with Crippen molar-refractivity contribution in [1.82, 2.24) is 14.9 Å². The van der Waals surface area contributed by atoms with Crippen LogP contribution in [0, 0.1) is 11.3 Å². The number of hydrogen-bond donors (Lipinski definition) is 1. The van der Waals surface area contributed by atoms with Gasteiger partial charge in [0, 0.05) is 30.2 Å². The highest BCUT2D eigenvalue weighted by atomic mass is 16.2. The summed E-state index contributed by atoms with van der Waals surface area (Å²) in [7, 11) is 0. The molecule has 0 unspecified atom stereocenters. The molecule has 0 aromatic carbocycles. The average Bonchev–Trinajstić information content (AvgIpc) is 3.43. The summed E-state index contributed by atoms with van der Waals surface area (Å²) < 4.78 is 0. The van der Waals surface area contributed by atoms with Crippen molar-refractivity contribution in [3.8, 4) is 6.07 Å². The van der Waals surface area contributed by atoms with Gasteiger partial charge in [0.05, 0.1) is 6.07 Å². The fraction of sp³-hybridized carbons (Fsp3) is 0.429. The lowest BCUT2D eigenvalue weighted by atomic mass is 9.91. The molecule has 2 aromatic rings. The van der Waals surface area contributed by atoms with Crippen LogP contribution in [0.25, 0.3) is 16.6 Å². The second kappa shape index (κ2) is 7.47. The van der Waals surface area contributed by atoms with Crippen LogP contribution in [0.2, 0.25) is 0 Å². The van der Waals surface area contributed by atoms with E-state index in [9.17, 15) is 9.59 Å². The van der Waals surface area contributed by atoms with Crippen molar-refractivity contribution in [2.45, 2.75) is 51.1 Å².